The van der Waals surface area contributed by atoms with Crippen molar-refractivity contribution in [1.82, 2.24) is 14.8 Å². The van der Waals surface area contributed by atoms with Gasteiger partial charge in [0.1, 0.15) is 18.4 Å². The van der Waals surface area contributed by atoms with Crippen LogP contribution < -0.4 is 10.1 Å². The number of aromatic amines is 1. The molecule has 0 atom stereocenters. The van der Waals surface area contributed by atoms with Crippen LogP contribution in [0.2, 0.25) is 0 Å². The van der Waals surface area contributed by atoms with Gasteiger partial charge in [0.2, 0.25) is 5.91 Å². The van der Waals surface area contributed by atoms with Crippen molar-refractivity contribution in [2.24, 2.45) is 0 Å². The van der Waals surface area contributed by atoms with Crippen LogP contribution in [0.3, 0.4) is 0 Å². The number of aromatic nitrogens is 3. The van der Waals surface area contributed by atoms with Crippen LogP contribution >= 0.6 is 12.2 Å². The predicted molar refractivity (Wildman–Crippen MR) is 109 cm³/mol. The number of nitrogens with zero attached hydrogens (tertiary/aromatic N) is 3. The number of alkyl halides is 3. The Kier molecular flexibility index (Phi) is 6.41. The lowest BCUT2D eigenvalue weighted by molar-refractivity contribution is -0.153. The molecule has 1 heterocycles. The minimum Gasteiger partial charge on any atom is -0.483 e. The van der Waals surface area contributed by atoms with Crippen LogP contribution in [0.5, 0.6) is 5.75 Å². The molecule has 1 amide bonds. The van der Waals surface area contributed by atoms with Gasteiger partial charge in [-0.1, -0.05) is 29.8 Å². The molecule has 0 radical (unpaired) electrons. The van der Waals surface area contributed by atoms with Crippen molar-refractivity contribution < 1.29 is 22.7 Å². The summed E-state index contributed by atoms with van der Waals surface area (Å²) in [5.41, 5.74) is 1.93. The van der Waals surface area contributed by atoms with Crippen LogP contribution in [0.15, 0.2) is 42.5 Å². The first-order valence-electron chi connectivity index (χ1n) is 8.92. The average molecular weight is 447 g/mol. The third kappa shape index (κ3) is 5.70. The largest absolute Gasteiger partial charge is 0.483 e. The van der Waals surface area contributed by atoms with Crippen molar-refractivity contribution in [1.29, 1.82) is 5.26 Å². The zero-order chi connectivity index (χ0) is 22.6. The van der Waals surface area contributed by atoms with Gasteiger partial charge >= 0.3 is 6.18 Å². The van der Waals surface area contributed by atoms with E-state index in [0.29, 0.717) is 5.82 Å². The molecule has 0 unspecified atom stereocenters. The van der Waals surface area contributed by atoms with Crippen molar-refractivity contribution >= 4 is 23.8 Å². The van der Waals surface area contributed by atoms with Gasteiger partial charge in [0, 0.05) is 11.3 Å². The van der Waals surface area contributed by atoms with Gasteiger partial charge in [-0.15, -0.1) is 0 Å². The first kappa shape index (κ1) is 22.0. The molecular formula is C20H16F3N5O2S. The molecule has 2 N–H and O–H groups in total. The van der Waals surface area contributed by atoms with Crippen molar-refractivity contribution in [3.63, 3.8) is 0 Å². The Balaban J connectivity index is 1.75. The van der Waals surface area contributed by atoms with E-state index in [4.69, 9.17) is 12.2 Å². The molecule has 3 rings (SSSR count). The first-order valence-corrected chi connectivity index (χ1v) is 9.33. The van der Waals surface area contributed by atoms with E-state index in [2.05, 4.69) is 20.3 Å². The third-order valence-corrected chi connectivity index (χ3v) is 4.46. The highest BCUT2D eigenvalue weighted by Crippen LogP contribution is 2.25. The van der Waals surface area contributed by atoms with Gasteiger partial charge in [-0.05, 0) is 37.3 Å². The topological polar surface area (TPSA) is 95.7 Å². The number of hydrogen-bond donors (Lipinski definition) is 2. The Hall–Kier alpha value is -3.65. The maximum absolute atomic E-state index is 12.5. The smallest absolute Gasteiger partial charge is 0.422 e. The number of nitrogens with one attached hydrogen (secondary N) is 2. The average Bonchev–Trinajstić information content (AvgIpc) is 3.07. The summed E-state index contributed by atoms with van der Waals surface area (Å²) in [5, 5.41) is 18.6. The first-order chi connectivity index (χ1) is 14.7. The highest BCUT2D eigenvalue weighted by molar-refractivity contribution is 7.71. The van der Waals surface area contributed by atoms with Gasteiger partial charge < -0.3 is 10.1 Å². The number of hydrogen-bond acceptors (Lipinski definition) is 5. The summed E-state index contributed by atoms with van der Waals surface area (Å²) in [4.78, 5) is 12.5. The summed E-state index contributed by atoms with van der Waals surface area (Å²) >= 11 is 5.21. The van der Waals surface area contributed by atoms with Gasteiger partial charge in [-0.3, -0.25) is 14.5 Å². The zero-order valence-electron chi connectivity index (χ0n) is 16.2. The fourth-order valence-corrected chi connectivity index (χ4v) is 2.91. The molecule has 0 aliphatic heterocycles. The molecule has 0 fully saturated rings. The van der Waals surface area contributed by atoms with Crippen LogP contribution in [0.1, 0.15) is 11.1 Å². The third-order valence-electron chi connectivity index (χ3n) is 4.14. The quantitative estimate of drug-likeness (QED) is 0.547. The summed E-state index contributed by atoms with van der Waals surface area (Å²) < 4.78 is 43.4. The fraction of sp³-hybridized carbons (Fsp3) is 0.200. The molecule has 3 aromatic rings. The maximum atomic E-state index is 12.5. The highest BCUT2D eigenvalue weighted by Gasteiger charge is 2.29. The lowest BCUT2D eigenvalue weighted by Gasteiger charge is -2.12. The fourth-order valence-electron chi connectivity index (χ4n) is 2.71. The van der Waals surface area contributed by atoms with E-state index >= 15 is 0 Å². The molecule has 2 aromatic carbocycles. The zero-order valence-corrected chi connectivity index (χ0v) is 17.0. The second-order valence-electron chi connectivity index (χ2n) is 6.58. The van der Waals surface area contributed by atoms with Crippen molar-refractivity contribution in [3.05, 3.63) is 58.4 Å². The standard InChI is InChI=1S/C20H16F3N5O2S/c1-12-2-4-13(5-3-12)18-26-27-19(31)28(18)10-17(29)25-15-6-7-16(14(8-15)9-24)30-11-20(21,22)23/h2-8H,10-11H2,1H3,(H,25,29)(H,27,31). The molecule has 11 heteroatoms. The number of benzene rings is 2. The normalized spacial score (nSPS) is 11.1. The van der Waals surface area contributed by atoms with Crippen LogP contribution in [-0.4, -0.2) is 33.5 Å². The van der Waals surface area contributed by atoms with Crippen molar-refractivity contribution in [3.8, 4) is 23.2 Å². The molecule has 160 valence electrons. The van der Waals surface area contributed by atoms with E-state index in [0.717, 1.165) is 11.1 Å². The van der Waals surface area contributed by atoms with Crippen LogP contribution in [-0.2, 0) is 11.3 Å². The van der Waals surface area contributed by atoms with Crippen LogP contribution in [0, 0.1) is 23.0 Å². The minimum absolute atomic E-state index is 0.137. The number of carbonyl (C=O) groups excluding carboxylic acids is 1. The Morgan fingerprint density at radius 2 is 2.00 bits per heavy atom. The Morgan fingerprint density at radius 3 is 2.65 bits per heavy atom. The highest BCUT2D eigenvalue weighted by atomic mass is 32.1. The van der Waals surface area contributed by atoms with E-state index in [-0.39, 0.29) is 28.3 Å². The lowest BCUT2D eigenvalue weighted by atomic mass is 10.1. The second-order valence-corrected chi connectivity index (χ2v) is 6.97. The van der Waals surface area contributed by atoms with Crippen molar-refractivity contribution in [2.75, 3.05) is 11.9 Å². The van der Waals surface area contributed by atoms with E-state index in [1.54, 1.807) is 6.07 Å². The van der Waals surface area contributed by atoms with Crippen LogP contribution in [0.25, 0.3) is 11.4 Å². The molecule has 1 aromatic heterocycles. The number of carbonyl (C=O) groups is 1. The van der Waals surface area contributed by atoms with E-state index < -0.39 is 18.7 Å². The molecule has 7 nitrogen and oxygen atoms in total. The maximum Gasteiger partial charge on any atom is 0.422 e. The summed E-state index contributed by atoms with van der Waals surface area (Å²) in [6.45, 7) is 0.268. The monoisotopic (exact) mass is 447 g/mol. The Bertz CT molecular complexity index is 1190. The lowest BCUT2D eigenvalue weighted by Crippen LogP contribution is -2.20. The van der Waals surface area contributed by atoms with Crippen LogP contribution in [0.4, 0.5) is 18.9 Å². The number of H-pyrrole nitrogens is 1. The van der Waals surface area contributed by atoms with E-state index in [9.17, 15) is 23.2 Å². The number of anilines is 1. The molecule has 0 saturated heterocycles. The van der Waals surface area contributed by atoms with Gasteiger partial charge in [0.15, 0.2) is 17.2 Å². The Labute approximate surface area is 180 Å². The number of rotatable bonds is 6. The SMILES string of the molecule is Cc1ccc(-c2n[nH]c(=S)n2CC(=O)Nc2ccc(OCC(F)(F)F)c(C#N)c2)cc1. The molecular weight excluding hydrogens is 431 g/mol. The van der Waals surface area contributed by atoms with Gasteiger partial charge in [0.05, 0.1) is 5.56 Å². The molecule has 0 spiro atoms. The summed E-state index contributed by atoms with van der Waals surface area (Å²) in [6, 6.07) is 13.1. The summed E-state index contributed by atoms with van der Waals surface area (Å²) in [6.07, 6.45) is -4.53. The Morgan fingerprint density at radius 1 is 1.29 bits per heavy atom. The number of ether oxygens (including phenoxy) is 1. The summed E-state index contributed by atoms with van der Waals surface area (Å²) in [7, 11) is 0. The van der Waals surface area contributed by atoms with E-state index in [1.807, 2.05) is 31.2 Å². The number of aryl methyl sites for hydroxylation is 1. The number of nitriles is 1. The van der Waals surface area contributed by atoms with Gasteiger partial charge in [-0.25, -0.2) is 0 Å². The molecule has 31 heavy (non-hydrogen) atoms. The molecule has 0 aliphatic carbocycles. The van der Waals surface area contributed by atoms with Gasteiger partial charge in [-0.2, -0.15) is 23.5 Å². The van der Waals surface area contributed by atoms with E-state index in [1.165, 1.54) is 22.8 Å². The summed E-state index contributed by atoms with van der Waals surface area (Å²) in [5.74, 6) is -0.205. The van der Waals surface area contributed by atoms with Crippen molar-refractivity contribution in [2.45, 2.75) is 19.6 Å². The molecule has 0 bridgehead atoms. The molecule has 0 saturated carbocycles. The predicted octanol–water partition coefficient (Wildman–Crippen LogP) is 4.37. The number of halogens is 3. The molecule has 0 aliphatic rings. The number of amides is 1. The second kappa shape index (κ2) is 9.01. The minimum atomic E-state index is -4.53. The van der Waals surface area contributed by atoms with Gasteiger partial charge in [0.25, 0.3) is 0 Å².